The summed E-state index contributed by atoms with van der Waals surface area (Å²) in [4.78, 5) is 0. The van der Waals surface area contributed by atoms with Gasteiger partial charge in [-0.1, -0.05) is 25.1 Å². The van der Waals surface area contributed by atoms with Crippen LogP contribution in [0.5, 0.6) is 0 Å². The lowest BCUT2D eigenvalue weighted by atomic mass is 10.2. The van der Waals surface area contributed by atoms with Crippen molar-refractivity contribution < 1.29 is 4.39 Å². The molecule has 0 saturated carbocycles. The van der Waals surface area contributed by atoms with Crippen molar-refractivity contribution in [1.29, 1.82) is 0 Å². The maximum Gasteiger partial charge on any atom is 0.128 e. The van der Waals surface area contributed by atoms with Crippen LogP contribution in [0, 0.1) is 5.82 Å². The minimum atomic E-state index is -0.188. The van der Waals surface area contributed by atoms with Crippen molar-refractivity contribution in [3.05, 3.63) is 53.6 Å². The van der Waals surface area contributed by atoms with Crippen molar-refractivity contribution in [2.24, 2.45) is 0 Å². The van der Waals surface area contributed by atoms with Gasteiger partial charge in [0.1, 0.15) is 5.82 Å². The van der Waals surface area contributed by atoms with Crippen molar-refractivity contribution in [2.45, 2.75) is 25.1 Å². The highest BCUT2D eigenvalue weighted by molar-refractivity contribution is 7.80. The van der Waals surface area contributed by atoms with Gasteiger partial charge in [0.15, 0.2) is 0 Å². The Bertz CT molecular complexity index is 494. The summed E-state index contributed by atoms with van der Waals surface area (Å²) in [5, 5.41) is 4.53. The van der Waals surface area contributed by atoms with Gasteiger partial charge >= 0.3 is 0 Å². The van der Waals surface area contributed by atoms with E-state index in [1.165, 1.54) is 6.07 Å². The van der Waals surface area contributed by atoms with Gasteiger partial charge in [0.2, 0.25) is 0 Å². The maximum atomic E-state index is 13.4. The molecule has 0 aliphatic carbocycles. The van der Waals surface area contributed by atoms with Gasteiger partial charge in [-0.15, -0.1) is 0 Å². The van der Waals surface area contributed by atoms with Gasteiger partial charge < -0.3 is 0 Å². The second kappa shape index (κ2) is 5.36. The molecule has 2 rings (SSSR count). The Balaban J connectivity index is 2.09. The molecule has 0 amide bonds. The molecule has 2 nitrogen and oxygen atoms in total. The summed E-state index contributed by atoms with van der Waals surface area (Å²) in [5.41, 5.74) is 1.78. The lowest BCUT2D eigenvalue weighted by Crippen LogP contribution is -2.02. The summed E-state index contributed by atoms with van der Waals surface area (Å²) in [5.74, 6) is -0.188. The summed E-state index contributed by atoms with van der Waals surface area (Å²) in [7, 11) is 0. The van der Waals surface area contributed by atoms with Gasteiger partial charge in [-0.3, -0.25) is 4.68 Å². The third-order valence-corrected chi connectivity index (χ3v) is 2.69. The van der Waals surface area contributed by atoms with E-state index in [2.05, 4.69) is 17.7 Å². The Hall–Kier alpha value is -1.29. The van der Waals surface area contributed by atoms with E-state index in [0.717, 1.165) is 12.0 Å². The number of benzene rings is 1. The van der Waals surface area contributed by atoms with E-state index in [1.54, 1.807) is 16.8 Å². The molecular weight excluding hydrogens is 235 g/mol. The minimum absolute atomic E-state index is 0.188. The van der Waals surface area contributed by atoms with Crippen LogP contribution in [0.4, 0.5) is 4.39 Å². The average molecular weight is 250 g/mol. The molecule has 1 unspecified atom stereocenters. The lowest BCUT2D eigenvalue weighted by Gasteiger charge is -2.03. The highest BCUT2D eigenvalue weighted by Crippen LogP contribution is 2.10. The Kier molecular flexibility index (Phi) is 3.84. The molecule has 1 heterocycles. The number of halogens is 1. The van der Waals surface area contributed by atoms with Crippen LogP contribution in [-0.4, -0.2) is 15.0 Å². The van der Waals surface area contributed by atoms with Gasteiger partial charge in [-0.2, -0.15) is 17.7 Å². The summed E-state index contributed by atoms with van der Waals surface area (Å²) >= 11 is 4.34. The average Bonchev–Trinajstić information content (AvgIpc) is 2.68. The third-order valence-electron chi connectivity index (χ3n) is 2.51. The first-order valence-corrected chi connectivity index (χ1v) is 6.09. The fourth-order valence-electron chi connectivity index (χ4n) is 1.74. The van der Waals surface area contributed by atoms with Gasteiger partial charge in [-0.25, -0.2) is 4.39 Å². The standard InChI is InChI=1S/C13H15FN2S/c1-10(17)6-11-7-15-16(8-11)9-12-4-2-3-5-13(12)14/h2-5,7-8,10,17H,6,9H2,1H3. The number of rotatable bonds is 4. The highest BCUT2D eigenvalue weighted by Gasteiger charge is 2.05. The molecule has 1 aromatic heterocycles. The van der Waals surface area contributed by atoms with Crippen LogP contribution in [0.3, 0.4) is 0 Å². The molecule has 0 aliphatic heterocycles. The third kappa shape index (κ3) is 3.33. The molecule has 0 spiro atoms. The largest absolute Gasteiger partial charge is 0.268 e. The zero-order valence-electron chi connectivity index (χ0n) is 9.68. The van der Waals surface area contributed by atoms with Crippen LogP contribution >= 0.6 is 12.6 Å². The monoisotopic (exact) mass is 250 g/mol. The summed E-state index contributed by atoms with van der Waals surface area (Å²) in [6.45, 7) is 2.50. The van der Waals surface area contributed by atoms with Crippen LogP contribution in [0.1, 0.15) is 18.1 Å². The summed E-state index contributed by atoms with van der Waals surface area (Å²) in [6, 6.07) is 6.77. The van der Waals surface area contributed by atoms with E-state index in [0.29, 0.717) is 17.4 Å². The molecule has 90 valence electrons. The molecule has 4 heteroatoms. The van der Waals surface area contributed by atoms with Crippen molar-refractivity contribution in [3.8, 4) is 0 Å². The van der Waals surface area contributed by atoms with Crippen LogP contribution < -0.4 is 0 Å². The number of hydrogen-bond acceptors (Lipinski definition) is 2. The van der Waals surface area contributed by atoms with Gasteiger partial charge in [-0.05, 0) is 18.1 Å². The normalized spacial score (nSPS) is 12.6. The van der Waals surface area contributed by atoms with Crippen LogP contribution in [0.25, 0.3) is 0 Å². The Morgan fingerprint density at radius 3 is 2.88 bits per heavy atom. The number of aromatic nitrogens is 2. The fourth-order valence-corrected chi connectivity index (χ4v) is 1.95. The van der Waals surface area contributed by atoms with E-state index in [1.807, 2.05) is 25.4 Å². The van der Waals surface area contributed by atoms with Gasteiger partial charge in [0, 0.05) is 17.0 Å². The van der Waals surface area contributed by atoms with Crippen molar-refractivity contribution in [3.63, 3.8) is 0 Å². The SMILES string of the molecule is CC(S)Cc1cnn(Cc2ccccc2F)c1. The van der Waals surface area contributed by atoms with Crippen LogP contribution in [0.2, 0.25) is 0 Å². The first-order chi connectivity index (χ1) is 8.15. The highest BCUT2D eigenvalue weighted by atomic mass is 32.1. The van der Waals surface area contributed by atoms with E-state index in [4.69, 9.17) is 0 Å². The van der Waals surface area contributed by atoms with E-state index in [-0.39, 0.29) is 5.82 Å². The zero-order chi connectivity index (χ0) is 12.3. The van der Waals surface area contributed by atoms with Crippen LogP contribution in [0.15, 0.2) is 36.7 Å². The number of thiol groups is 1. The Morgan fingerprint density at radius 1 is 1.41 bits per heavy atom. The predicted molar refractivity (Wildman–Crippen MR) is 69.9 cm³/mol. The predicted octanol–water partition coefficient (Wildman–Crippen LogP) is 2.93. The molecule has 0 N–H and O–H groups in total. The summed E-state index contributed by atoms with van der Waals surface area (Å²) < 4.78 is 15.2. The molecule has 0 saturated heterocycles. The minimum Gasteiger partial charge on any atom is -0.268 e. The lowest BCUT2D eigenvalue weighted by molar-refractivity contribution is 0.585. The molecule has 0 aliphatic rings. The van der Waals surface area contributed by atoms with Crippen molar-refractivity contribution in [1.82, 2.24) is 9.78 Å². The number of nitrogens with zero attached hydrogens (tertiary/aromatic N) is 2. The summed E-state index contributed by atoms with van der Waals surface area (Å²) in [6.07, 6.45) is 4.63. The fraction of sp³-hybridized carbons (Fsp3) is 0.308. The quantitative estimate of drug-likeness (QED) is 0.826. The van der Waals surface area contributed by atoms with E-state index in [9.17, 15) is 4.39 Å². The second-order valence-corrected chi connectivity index (χ2v) is 5.07. The maximum absolute atomic E-state index is 13.4. The van der Waals surface area contributed by atoms with Gasteiger partial charge in [0.25, 0.3) is 0 Å². The molecular formula is C13H15FN2S. The Labute approximate surface area is 106 Å². The molecule has 0 bridgehead atoms. The van der Waals surface area contributed by atoms with E-state index >= 15 is 0 Å². The molecule has 1 atom stereocenters. The van der Waals surface area contributed by atoms with Gasteiger partial charge in [0.05, 0.1) is 12.7 Å². The number of hydrogen-bond donors (Lipinski definition) is 1. The molecule has 1 aromatic carbocycles. The zero-order valence-corrected chi connectivity index (χ0v) is 10.6. The second-order valence-electron chi connectivity index (χ2n) is 4.19. The Morgan fingerprint density at radius 2 is 2.18 bits per heavy atom. The first kappa shape index (κ1) is 12.2. The first-order valence-electron chi connectivity index (χ1n) is 5.58. The molecule has 0 radical (unpaired) electrons. The molecule has 0 fully saturated rings. The van der Waals surface area contributed by atoms with Crippen molar-refractivity contribution in [2.75, 3.05) is 0 Å². The smallest absolute Gasteiger partial charge is 0.128 e. The van der Waals surface area contributed by atoms with Crippen LogP contribution in [-0.2, 0) is 13.0 Å². The molecule has 17 heavy (non-hydrogen) atoms. The molecule has 2 aromatic rings. The topological polar surface area (TPSA) is 17.8 Å². The van der Waals surface area contributed by atoms with E-state index < -0.39 is 0 Å². The van der Waals surface area contributed by atoms with Crippen molar-refractivity contribution >= 4 is 12.6 Å².